The fourth-order valence-corrected chi connectivity index (χ4v) is 9.11. The summed E-state index contributed by atoms with van der Waals surface area (Å²) in [4.78, 5) is 55.0. The van der Waals surface area contributed by atoms with Crippen LogP contribution in [0.15, 0.2) is 12.1 Å². The van der Waals surface area contributed by atoms with E-state index in [4.69, 9.17) is 18.9 Å². The van der Waals surface area contributed by atoms with E-state index in [0.717, 1.165) is 12.1 Å². The molecule has 0 radical (unpaired) electrons. The number of unbranched alkanes of at least 4 members (excludes halogenated alkanes) is 8. The van der Waals surface area contributed by atoms with E-state index in [1.54, 1.807) is 0 Å². The van der Waals surface area contributed by atoms with Crippen molar-refractivity contribution in [1.82, 2.24) is 0 Å². The van der Waals surface area contributed by atoms with E-state index in [0.29, 0.717) is 0 Å². The van der Waals surface area contributed by atoms with Gasteiger partial charge in [-0.25, -0.2) is 19.2 Å². The third kappa shape index (κ3) is 24.5. The summed E-state index contributed by atoms with van der Waals surface area (Å²) < 4.78 is 186. The molecule has 20 heteroatoms. The van der Waals surface area contributed by atoms with E-state index in [9.17, 15) is 71.9 Å². The van der Waals surface area contributed by atoms with Crippen LogP contribution in [0.25, 0.3) is 0 Å². The molecule has 0 N–H and O–H groups in total. The Bertz CT molecular complexity index is 1570. The average Bonchev–Trinajstić information content (AvgIpc) is 3.20. The van der Waals surface area contributed by atoms with Crippen LogP contribution in [-0.4, -0.2) is 75.0 Å². The predicted octanol–water partition coefficient (Wildman–Crippen LogP) is 17.5. The summed E-state index contributed by atoms with van der Waals surface area (Å²) in [6.07, 6.45) is -16.9. The summed E-state index contributed by atoms with van der Waals surface area (Å²) in [7, 11) is 0. The van der Waals surface area contributed by atoms with Crippen molar-refractivity contribution < 1.29 is 90.8 Å². The first-order valence-corrected chi connectivity index (χ1v) is 25.7. The second-order valence-corrected chi connectivity index (χ2v) is 23.7. The normalized spacial score (nSPS) is 15.0. The van der Waals surface area contributed by atoms with Crippen LogP contribution in [0.4, 0.5) is 52.7 Å². The monoisotopic (exact) mass is 1090 g/mol. The second-order valence-electron chi connectivity index (χ2n) is 23.7. The van der Waals surface area contributed by atoms with Crippen molar-refractivity contribution in [3.8, 4) is 0 Å². The summed E-state index contributed by atoms with van der Waals surface area (Å²) in [5.41, 5.74) is -6.68. The maximum absolute atomic E-state index is 13.8. The van der Waals surface area contributed by atoms with Gasteiger partial charge in [0, 0.05) is 0 Å². The maximum Gasteiger partial charge on any atom is 0.392 e. The molecule has 0 bridgehead atoms. The lowest BCUT2D eigenvalue weighted by molar-refractivity contribution is -0.203. The van der Waals surface area contributed by atoms with Gasteiger partial charge in [-0.1, -0.05) is 134 Å². The molecule has 430 valence electrons. The van der Waals surface area contributed by atoms with Crippen LogP contribution >= 0.6 is 0 Å². The molecule has 1 rings (SSSR count). The van der Waals surface area contributed by atoms with Gasteiger partial charge >= 0.3 is 48.6 Å². The summed E-state index contributed by atoms with van der Waals surface area (Å²) in [5, 5.41) is 0. The summed E-state index contributed by atoms with van der Waals surface area (Å²) in [6, 6.07) is 1.67. The molecule has 1 aromatic carbocycles. The van der Waals surface area contributed by atoms with Crippen LogP contribution in [0.3, 0.4) is 0 Å². The lowest BCUT2D eigenvalue weighted by atomic mass is 9.77. The van der Waals surface area contributed by atoms with Gasteiger partial charge in [0.1, 0.15) is 0 Å². The summed E-state index contributed by atoms with van der Waals surface area (Å²) in [6.45, 7) is 16.3. The highest BCUT2D eigenvalue weighted by Gasteiger charge is 2.49. The SMILES string of the molecule is CC(C)(C)[C@@H](CCCCCOC(=O)c1cc(C(=O)OCCCCC[C@H](C(C)(C)C)C(F)(F)F)c(C(=O)OCCCCC[C@H](C(C)(C)C)C(F)(F)F)cc1C(=O)OCCCCC[C@H](C(C)(C)C)C(F)(F)F)C(F)(F)F. The standard InChI is InChI=1S/C54H82F12O8/c1-47(2,3)39(51(55,56)57)25-17-13-21-29-71-43(67)35-33-37(45(69)73-31-23-15-19-27-41(49(7,8)9)53(61,62)63)38(46(70)74-32-24-16-20-28-42(50(10,11)12)54(64,65)66)34-36(35)44(68)72-30-22-14-18-26-40(48(4,5)6)52(58,59)60/h33-34,39-42H,13-32H2,1-12H3/t39-,40-,41-,42-/m1/s1. The molecule has 0 unspecified atom stereocenters. The minimum absolute atomic E-state index is 0.0937. The van der Waals surface area contributed by atoms with Crippen molar-refractivity contribution in [2.75, 3.05) is 26.4 Å². The van der Waals surface area contributed by atoms with Crippen molar-refractivity contribution in [3.63, 3.8) is 0 Å². The van der Waals surface area contributed by atoms with Gasteiger partial charge in [-0.05, 0) is 85.2 Å². The highest BCUT2D eigenvalue weighted by molar-refractivity contribution is 6.10. The van der Waals surface area contributed by atoms with Gasteiger partial charge in [-0.3, -0.25) is 0 Å². The van der Waals surface area contributed by atoms with E-state index < -0.39 is 116 Å². The number of benzene rings is 1. The Hall–Kier alpha value is -3.74. The highest BCUT2D eigenvalue weighted by Crippen LogP contribution is 2.46. The molecular weight excluding hydrogens is 1000 g/mol. The summed E-state index contributed by atoms with van der Waals surface area (Å²) >= 11 is 0. The van der Waals surface area contributed by atoms with Gasteiger partial charge in [0.05, 0.1) is 72.4 Å². The predicted molar refractivity (Wildman–Crippen MR) is 257 cm³/mol. The Kier molecular flexibility index (Phi) is 26.4. The van der Waals surface area contributed by atoms with Crippen LogP contribution in [0, 0.1) is 45.3 Å². The maximum atomic E-state index is 13.8. The minimum atomic E-state index is -4.45. The molecule has 1 aromatic rings. The van der Waals surface area contributed by atoms with Crippen LogP contribution in [0.1, 0.15) is 227 Å². The smallest absolute Gasteiger partial charge is 0.392 e. The van der Waals surface area contributed by atoms with Gasteiger partial charge in [0.2, 0.25) is 0 Å². The molecule has 0 saturated carbocycles. The van der Waals surface area contributed by atoms with E-state index in [1.807, 2.05) is 0 Å². The lowest BCUT2D eigenvalue weighted by Gasteiger charge is -2.32. The van der Waals surface area contributed by atoms with Crippen molar-refractivity contribution >= 4 is 23.9 Å². The molecule has 0 aliphatic heterocycles. The molecular formula is C54H82F12O8. The quantitative estimate of drug-likeness (QED) is 0.0354. The highest BCUT2D eigenvalue weighted by atomic mass is 19.4. The number of rotatable bonds is 28. The molecule has 4 atom stereocenters. The first kappa shape index (κ1) is 68.3. The van der Waals surface area contributed by atoms with Gasteiger partial charge in [-0.2, -0.15) is 52.7 Å². The Morgan fingerprint density at radius 1 is 0.311 bits per heavy atom. The Balaban J connectivity index is 3.52. The number of hydrogen-bond donors (Lipinski definition) is 0. The zero-order valence-corrected chi connectivity index (χ0v) is 45.4. The van der Waals surface area contributed by atoms with Crippen LogP contribution < -0.4 is 0 Å². The number of halogens is 12. The Labute approximate surface area is 430 Å². The first-order chi connectivity index (χ1) is 33.5. The topological polar surface area (TPSA) is 105 Å². The number of hydrogen-bond acceptors (Lipinski definition) is 8. The van der Waals surface area contributed by atoms with E-state index in [1.165, 1.54) is 83.1 Å². The Morgan fingerprint density at radius 2 is 0.473 bits per heavy atom. The first-order valence-electron chi connectivity index (χ1n) is 25.7. The lowest BCUT2D eigenvalue weighted by Crippen LogP contribution is -2.34. The van der Waals surface area contributed by atoms with Crippen molar-refractivity contribution in [2.45, 2.75) is 211 Å². The Morgan fingerprint density at radius 3 is 0.608 bits per heavy atom. The van der Waals surface area contributed by atoms with Crippen LogP contribution in [0.2, 0.25) is 0 Å². The molecule has 0 fully saturated rings. The number of carbonyl (C=O) groups excluding carboxylic acids is 4. The van der Waals surface area contributed by atoms with Gasteiger partial charge in [0.15, 0.2) is 0 Å². The van der Waals surface area contributed by atoms with Gasteiger partial charge in [-0.15, -0.1) is 0 Å². The number of ether oxygens (including phenoxy) is 4. The number of esters is 4. The molecule has 74 heavy (non-hydrogen) atoms. The van der Waals surface area contributed by atoms with E-state index in [2.05, 4.69) is 0 Å². The molecule has 8 nitrogen and oxygen atoms in total. The van der Waals surface area contributed by atoms with Crippen molar-refractivity contribution in [2.24, 2.45) is 45.3 Å². The fourth-order valence-electron chi connectivity index (χ4n) is 9.11. The molecule has 0 heterocycles. The van der Waals surface area contributed by atoms with Gasteiger partial charge in [0.25, 0.3) is 0 Å². The summed E-state index contributed by atoms with van der Waals surface area (Å²) in [5.74, 6) is -11.2. The zero-order chi connectivity index (χ0) is 57.3. The molecule has 0 amide bonds. The van der Waals surface area contributed by atoms with Crippen LogP contribution in [-0.2, 0) is 18.9 Å². The van der Waals surface area contributed by atoms with E-state index >= 15 is 0 Å². The molecule has 0 aliphatic rings. The third-order valence-electron chi connectivity index (χ3n) is 13.3. The van der Waals surface area contributed by atoms with E-state index in [-0.39, 0.29) is 129 Å². The molecule has 0 saturated heterocycles. The second kappa shape index (κ2) is 28.6. The number of alkyl halides is 12. The van der Waals surface area contributed by atoms with Crippen molar-refractivity contribution in [3.05, 3.63) is 34.4 Å². The van der Waals surface area contributed by atoms with Crippen LogP contribution in [0.5, 0.6) is 0 Å². The fraction of sp³-hybridized carbons (Fsp3) is 0.815. The largest absolute Gasteiger partial charge is 0.462 e. The van der Waals surface area contributed by atoms with Gasteiger partial charge < -0.3 is 18.9 Å². The minimum Gasteiger partial charge on any atom is -0.462 e. The molecule has 0 aromatic heterocycles. The number of carbonyl (C=O) groups is 4. The molecule has 0 aliphatic carbocycles. The molecule has 0 spiro atoms. The third-order valence-corrected chi connectivity index (χ3v) is 13.3. The average molecular weight is 1090 g/mol. The zero-order valence-electron chi connectivity index (χ0n) is 45.4. The van der Waals surface area contributed by atoms with Crippen molar-refractivity contribution in [1.29, 1.82) is 0 Å².